The van der Waals surface area contributed by atoms with E-state index in [0.29, 0.717) is 6.42 Å². The molecule has 0 fully saturated rings. The first-order chi connectivity index (χ1) is 15.5. The van der Waals surface area contributed by atoms with Crippen LogP contribution in [0.2, 0.25) is 0 Å². The molecule has 0 aromatic heterocycles. The zero-order valence-corrected chi connectivity index (χ0v) is 18.4. The van der Waals surface area contributed by atoms with Crippen LogP contribution in [0, 0.1) is 0 Å². The van der Waals surface area contributed by atoms with Crippen LogP contribution in [0.3, 0.4) is 0 Å². The summed E-state index contributed by atoms with van der Waals surface area (Å²) in [6.07, 6.45) is 1.20. The van der Waals surface area contributed by atoms with Crippen molar-refractivity contribution in [3.05, 3.63) is 120 Å². The molecule has 0 aliphatic heterocycles. The fourth-order valence-electron chi connectivity index (χ4n) is 3.56. The molecule has 166 valence electrons. The van der Waals surface area contributed by atoms with Gasteiger partial charge in [-0.1, -0.05) is 97.1 Å². The van der Waals surface area contributed by atoms with Gasteiger partial charge in [-0.05, 0) is 23.1 Å². The molecule has 1 amide bonds. The third-order valence-electron chi connectivity index (χ3n) is 5.14. The fourth-order valence-corrected chi connectivity index (χ4v) is 4.34. The van der Waals surface area contributed by atoms with Crippen LogP contribution in [-0.4, -0.2) is 21.1 Å². The monoisotopic (exact) mass is 450 g/mol. The zero-order chi connectivity index (χ0) is 22.9. The maximum Gasteiger partial charge on any atom is 0.422 e. The maximum absolute atomic E-state index is 12.6. The lowest BCUT2D eigenvalue weighted by Crippen LogP contribution is -2.47. The highest BCUT2D eigenvalue weighted by molar-refractivity contribution is 7.88. The molecule has 32 heavy (non-hydrogen) atoms. The van der Waals surface area contributed by atoms with Gasteiger partial charge in [0.2, 0.25) is 0 Å². The van der Waals surface area contributed by atoms with E-state index in [4.69, 9.17) is 4.74 Å². The second kappa shape index (κ2) is 10.7. The van der Waals surface area contributed by atoms with Crippen LogP contribution in [0.1, 0.15) is 23.1 Å². The fraction of sp³-hybridized carbons (Fsp3) is 0.160. The third-order valence-corrected chi connectivity index (χ3v) is 6.10. The van der Waals surface area contributed by atoms with E-state index in [1.807, 2.05) is 71.5 Å². The van der Waals surface area contributed by atoms with Gasteiger partial charge in [0, 0.05) is 12.0 Å². The summed E-state index contributed by atoms with van der Waals surface area (Å²) in [5.74, 6) is 0. The van der Waals surface area contributed by atoms with Crippen molar-refractivity contribution in [1.82, 2.24) is 9.44 Å². The van der Waals surface area contributed by atoms with Crippen molar-refractivity contribution in [2.24, 2.45) is 0 Å². The number of carbonyl (C=O) groups excluding carboxylic acids is 1. The summed E-state index contributed by atoms with van der Waals surface area (Å²) in [6, 6.07) is 28.3. The minimum Gasteiger partial charge on any atom is -0.444 e. The van der Waals surface area contributed by atoms with E-state index in [2.05, 4.69) is 11.3 Å². The first-order valence-corrected chi connectivity index (χ1v) is 11.6. The number of allylic oxidation sites excluding steroid dienone is 1. The Bertz CT molecular complexity index is 1080. The van der Waals surface area contributed by atoms with Crippen LogP contribution in [-0.2, 0) is 27.0 Å². The quantitative estimate of drug-likeness (QED) is 0.451. The highest BCUT2D eigenvalue weighted by atomic mass is 32.2. The number of benzene rings is 3. The largest absolute Gasteiger partial charge is 0.444 e. The summed E-state index contributed by atoms with van der Waals surface area (Å²) in [5, 5.41) is 0. The predicted octanol–water partition coefficient (Wildman–Crippen LogP) is 4.31. The zero-order valence-electron chi connectivity index (χ0n) is 17.6. The summed E-state index contributed by atoms with van der Waals surface area (Å²) in [6.45, 7) is 3.87. The van der Waals surface area contributed by atoms with Gasteiger partial charge in [0.05, 0.1) is 0 Å². The van der Waals surface area contributed by atoms with E-state index in [1.165, 1.54) is 0 Å². The molecular weight excluding hydrogens is 424 g/mol. The van der Waals surface area contributed by atoms with E-state index in [-0.39, 0.29) is 13.2 Å². The minimum atomic E-state index is -4.16. The van der Waals surface area contributed by atoms with Gasteiger partial charge in [-0.2, -0.15) is 13.1 Å². The van der Waals surface area contributed by atoms with Crippen molar-refractivity contribution < 1.29 is 17.9 Å². The van der Waals surface area contributed by atoms with Crippen molar-refractivity contribution in [3.63, 3.8) is 0 Å². The number of rotatable bonds is 10. The molecule has 2 N–H and O–H groups in total. The number of hydrogen-bond donors (Lipinski definition) is 2. The molecule has 0 saturated heterocycles. The molecule has 0 bridgehead atoms. The van der Waals surface area contributed by atoms with Gasteiger partial charge < -0.3 is 4.74 Å². The van der Waals surface area contributed by atoms with Crippen molar-refractivity contribution in [2.45, 2.75) is 18.4 Å². The highest BCUT2D eigenvalue weighted by Crippen LogP contribution is 2.35. The number of amides is 1. The van der Waals surface area contributed by atoms with E-state index in [1.54, 1.807) is 30.3 Å². The average molecular weight is 451 g/mol. The average Bonchev–Trinajstić information content (AvgIpc) is 2.82. The maximum atomic E-state index is 12.6. The molecule has 0 unspecified atom stereocenters. The first-order valence-electron chi connectivity index (χ1n) is 10.2. The van der Waals surface area contributed by atoms with Crippen LogP contribution in [0.15, 0.2) is 104 Å². The van der Waals surface area contributed by atoms with Gasteiger partial charge in [-0.3, -0.25) is 0 Å². The van der Waals surface area contributed by atoms with Gasteiger partial charge >= 0.3 is 16.3 Å². The Kier molecular flexibility index (Phi) is 7.81. The molecular formula is C25H26N2O4S. The summed E-state index contributed by atoms with van der Waals surface area (Å²) in [5.41, 5.74) is 1.92. The molecule has 0 saturated carbocycles. The van der Waals surface area contributed by atoms with Gasteiger partial charge in [0.25, 0.3) is 0 Å². The molecule has 3 aromatic carbocycles. The summed E-state index contributed by atoms with van der Waals surface area (Å²) in [7, 11) is -4.16. The summed E-state index contributed by atoms with van der Waals surface area (Å²) >= 11 is 0. The van der Waals surface area contributed by atoms with Gasteiger partial charge in [-0.15, -0.1) is 6.58 Å². The Labute approximate surface area is 189 Å². The van der Waals surface area contributed by atoms with Crippen LogP contribution in [0.4, 0.5) is 4.79 Å². The molecule has 6 nitrogen and oxygen atoms in total. The topological polar surface area (TPSA) is 84.5 Å². The normalized spacial score (nSPS) is 11.5. The van der Waals surface area contributed by atoms with E-state index in [9.17, 15) is 13.2 Å². The minimum absolute atomic E-state index is 0.0222. The smallest absolute Gasteiger partial charge is 0.422 e. The van der Waals surface area contributed by atoms with Crippen molar-refractivity contribution in [2.75, 3.05) is 6.54 Å². The number of nitrogens with one attached hydrogen (secondary N) is 2. The number of carbonyl (C=O) groups is 1. The summed E-state index contributed by atoms with van der Waals surface area (Å²) in [4.78, 5) is 12.1. The Hall–Kier alpha value is -3.42. The Morgan fingerprint density at radius 3 is 1.88 bits per heavy atom. The molecule has 0 atom stereocenters. The van der Waals surface area contributed by atoms with Gasteiger partial charge in [-0.25, -0.2) is 9.52 Å². The molecule has 0 spiro atoms. The van der Waals surface area contributed by atoms with Crippen LogP contribution < -0.4 is 9.44 Å². The highest BCUT2D eigenvalue weighted by Gasteiger charge is 2.34. The van der Waals surface area contributed by atoms with Gasteiger partial charge in [0.15, 0.2) is 0 Å². The molecule has 0 heterocycles. The van der Waals surface area contributed by atoms with E-state index >= 15 is 0 Å². The van der Waals surface area contributed by atoms with Crippen LogP contribution in [0.25, 0.3) is 0 Å². The Morgan fingerprint density at radius 2 is 1.38 bits per heavy atom. The molecule has 0 radical (unpaired) electrons. The number of ether oxygens (including phenoxy) is 1. The van der Waals surface area contributed by atoms with Crippen molar-refractivity contribution >= 4 is 16.3 Å². The van der Waals surface area contributed by atoms with Gasteiger partial charge in [0.1, 0.15) is 6.61 Å². The molecule has 3 aromatic rings. The lowest BCUT2D eigenvalue weighted by molar-refractivity contribution is 0.146. The van der Waals surface area contributed by atoms with Crippen LogP contribution in [0.5, 0.6) is 0 Å². The summed E-state index contributed by atoms with van der Waals surface area (Å²) < 4.78 is 34.7. The first kappa shape index (κ1) is 23.2. The number of hydrogen-bond acceptors (Lipinski definition) is 4. The molecule has 0 aliphatic carbocycles. The Morgan fingerprint density at radius 1 is 0.875 bits per heavy atom. The van der Waals surface area contributed by atoms with E-state index in [0.717, 1.165) is 16.7 Å². The SMILES string of the molecule is C=CCC(CNS(=O)(=O)NC(=O)OCc1ccccc1)(c1ccccc1)c1ccccc1. The van der Waals surface area contributed by atoms with Crippen molar-refractivity contribution in [3.8, 4) is 0 Å². The van der Waals surface area contributed by atoms with Crippen LogP contribution >= 0.6 is 0 Å². The third kappa shape index (κ3) is 6.06. The standard InChI is InChI=1S/C25H26N2O4S/c1-2-18-25(22-14-8-4-9-15-22,23-16-10-5-11-17-23)20-26-32(29,30)27-24(28)31-19-21-12-6-3-7-13-21/h2-17,26H,1,18-20H2,(H,27,28). The molecule has 3 rings (SSSR count). The van der Waals surface area contributed by atoms with Crippen molar-refractivity contribution in [1.29, 1.82) is 0 Å². The molecule has 7 heteroatoms. The second-order valence-corrected chi connectivity index (χ2v) is 8.79. The Balaban J connectivity index is 1.76. The second-order valence-electron chi connectivity index (χ2n) is 7.30. The van der Waals surface area contributed by atoms with E-state index < -0.39 is 21.7 Å². The molecule has 0 aliphatic rings. The lowest BCUT2D eigenvalue weighted by atomic mass is 9.72. The lowest BCUT2D eigenvalue weighted by Gasteiger charge is -2.34. The predicted molar refractivity (Wildman–Crippen MR) is 125 cm³/mol.